The molecule has 0 heterocycles. The maximum atomic E-state index is 11.2. The van der Waals surface area contributed by atoms with E-state index in [0.29, 0.717) is 12.8 Å². The van der Waals surface area contributed by atoms with E-state index in [4.69, 9.17) is 5.11 Å². The molecular formula is C9H16O3. The Morgan fingerprint density at radius 2 is 1.92 bits per heavy atom. The third-order valence-corrected chi connectivity index (χ3v) is 2.00. The lowest BCUT2D eigenvalue weighted by Crippen LogP contribution is -2.13. The molecular weight excluding hydrogens is 156 g/mol. The van der Waals surface area contributed by atoms with E-state index in [1.807, 2.05) is 13.8 Å². The van der Waals surface area contributed by atoms with Crippen LogP contribution in [-0.2, 0) is 9.59 Å². The van der Waals surface area contributed by atoms with Crippen LogP contribution in [-0.4, -0.2) is 16.9 Å². The molecule has 1 N–H and O–H groups in total. The lowest BCUT2D eigenvalue weighted by molar-refractivity contribution is -0.137. The summed E-state index contributed by atoms with van der Waals surface area (Å²) in [4.78, 5) is 21.4. The molecule has 12 heavy (non-hydrogen) atoms. The summed E-state index contributed by atoms with van der Waals surface area (Å²) in [5.74, 6) is -0.692. The normalized spacial score (nSPS) is 12.5. The molecule has 3 heteroatoms. The van der Waals surface area contributed by atoms with Gasteiger partial charge in [-0.2, -0.15) is 0 Å². The first-order chi connectivity index (χ1) is 5.61. The Morgan fingerprint density at radius 3 is 2.25 bits per heavy atom. The van der Waals surface area contributed by atoms with Gasteiger partial charge in [-0.3, -0.25) is 9.59 Å². The molecule has 0 aromatic rings. The van der Waals surface area contributed by atoms with Crippen LogP contribution in [0.5, 0.6) is 0 Å². The summed E-state index contributed by atoms with van der Waals surface area (Å²) in [6.45, 7) is 3.73. The molecule has 0 bridgehead atoms. The highest BCUT2D eigenvalue weighted by molar-refractivity contribution is 5.81. The molecule has 0 fully saturated rings. The Kier molecular flexibility index (Phi) is 5.34. The number of aliphatic carboxylic acids is 1. The molecule has 1 unspecified atom stereocenters. The minimum absolute atomic E-state index is 0.0499. The van der Waals surface area contributed by atoms with Gasteiger partial charge in [-0.05, 0) is 12.8 Å². The summed E-state index contributed by atoms with van der Waals surface area (Å²) >= 11 is 0. The standard InChI is InChI=1S/C9H16O3/c1-3-7(8(10)4-2)5-6-9(11)12/h7H,3-6H2,1-2H3,(H,11,12). The molecule has 3 nitrogen and oxygen atoms in total. The van der Waals surface area contributed by atoms with Crippen molar-refractivity contribution in [3.8, 4) is 0 Å². The summed E-state index contributed by atoms with van der Waals surface area (Å²) in [6.07, 6.45) is 1.85. The molecule has 0 saturated carbocycles. The molecule has 0 radical (unpaired) electrons. The Morgan fingerprint density at radius 1 is 1.33 bits per heavy atom. The zero-order chi connectivity index (χ0) is 9.56. The number of rotatable bonds is 6. The molecule has 0 saturated heterocycles. The van der Waals surface area contributed by atoms with Crippen molar-refractivity contribution < 1.29 is 14.7 Å². The molecule has 0 aromatic heterocycles. The van der Waals surface area contributed by atoms with Gasteiger partial charge in [0.15, 0.2) is 0 Å². The SMILES string of the molecule is CCC(=O)C(CC)CCC(=O)O. The van der Waals surface area contributed by atoms with Crippen LogP contribution in [0.25, 0.3) is 0 Å². The Bertz CT molecular complexity index is 163. The average molecular weight is 172 g/mol. The first kappa shape index (κ1) is 11.1. The van der Waals surface area contributed by atoms with Gasteiger partial charge in [-0.15, -0.1) is 0 Å². The van der Waals surface area contributed by atoms with Crippen molar-refractivity contribution in [1.29, 1.82) is 0 Å². The molecule has 0 amide bonds. The van der Waals surface area contributed by atoms with E-state index < -0.39 is 5.97 Å². The van der Waals surface area contributed by atoms with Crippen LogP contribution in [0.1, 0.15) is 39.5 Å². The molecule has 0 aromatic carbocycles. The van der Waals surface area contributed by atoms with Crippen LogP contribution in [0.3, 0.4) is 0 Å². The van der Waals surface area contributed by atoms with E-state index in [9.17, 15) is 9.59 Å². The van der Waals surface area contributed by atoms with Crippen LogP contribution in [0.4, 0.5) is 0 Å². The number of hydrogen-bond acceptors (Lipinski definition) is 2. The third kappa shape index (κ3) is 4.11. The summed E-state index contributed by atoms with van der Waals surface area (Å²) in [7, 11) is 0. The van der Waals surface area contributed by atoms with Crippen LogP contribution in [0.15, 0.2) is 0 Å². The highest BCUT2D eigenvalue weighted by Gasteiger charge is 2.15. The molecule has 0 aliphatic heterocycles. The van der Waals surface area contributed by atoms with Gasteiger partial charge in [0.1, 0.15) is 5.78 Å². The maximum Gasteiger partial charge on any atom is 0.303 e. The van der Waals surface area contributed by atoms with Gasteiger partial charge in [0.25, 0.3) is 0 Å². The number of carbonyl (C=O) groups is 2. The second-order valence-corrected chi connectivity index (χ2v) is 2.86. The van der Waals surface area contributed by atoms with Crippen LogP contribution in [0.2, 0.25) is 0 Å². The summed E-state index contributed by atoms with van der Waals surface area (Å²) in [5, 5.41) is 8.40. The average Bonchev–Trinajstić information content (AvgIpc) is 2.04. The quantitative estimate of drug-likeness (QED) is 0.665. The molecule has 0 spiro atoms. The van der Waals surface area contributed by atoms with Crippen LogP contribution in [0, 0.1) is 5.92 Å². The fourth-order valence-electron chi connectivity index (χ4n) is 1.18. The second-order valence-electron chi connectivity index (χ2n) is 2.86. The lowest BCUT2D eigenvalue weighted by Gasteiger charge is -2.09. The van der Waals surface area contributed by atoms with Gasteiger partial charge >= 0.3 is 5.97 Å². The first-order valence-corrected chi connectivity index (χ1v) is 4.36. The number of Topliss-reactive ketones (excluding diaryl/α,β-unsaturated/α-hetero) is 1. The van der Waals surface area contributed by atoms with Gasteiger partial charge in [0, 0.05) is 18.8 Å². The molecule has 0 aliphatic rings. The monoisotopic (exact) mass is 172 g/mol. The first-order valence-electron chi connectivity index (χ1n) is 4.36. The van der Waals surface area contributed by atoms with Crippen LogP contribution < -0.4 is 0 Å². The summed E-state index contributed by atoms with van der Waals surface area (Å²) in [5.41, 5.74) is 0. The van der Waals surface area contributed by atoms with E-state index in [1.165, 1.54) is 0 Å². The molecule has 1 atom stereocenters. The van der Waals surface area contributed by atoms with E-state index in [2.05, 4.69) is 0 Å². The number of ketones is 1. The summed E-state index contributed by atoms with van der Waals surface area (Å²) in [6, 6.07) is 0. The van der Waals surface area contributed by atoms with E-state index in [0.717, 1.165) is 6.42 Å². The Labute approximate surface area is 72.8 Å². The minimum atomic E-state index is -0.822. The van der Waals surface area contributed by atoms with Crippen molar-refractivity contribution in [1.82, 2.24) is 0 Å². The van der Waals surface area contributed by atoms with Crippen molar-refractivity contribution in [2.45, 2.75) is 39.5 Å². The van der Waals surface area contributed by atoms with Crippen molar-refractivity contribution in [3.63, 3.8) is 0 Å². The van der Waals surface area contributed by atoms with Gasteiger partial charge in [0.05, 0.1) is 0 Å². The Balaban J connectivity index is 3.83. The van der Waals surface area contributed by atoms with E-state index in [-0.39, 0.29) is 18.1 Å². The topological polar surface area (TPSA) is 54.4 Å². The zero-order valence-corrected chi connectivity index (χ0v) is 7.67. The zero-order valence-electron chi connectivity index (χ0n) is 7.67. The van der Waals surface area contributed by atoms with Gasteiger partial charge in [0.2, 0.25) is 0 Å². The number of carboxylic acid groups (broad SMARTS) is 1. The highest BCUT2D eigenvalue weighted by atomic mass is 16.4. The molecule has 70 valence electrons. The van der Waals surface area contributed by atoms with Crippen molar-refractivity contribution in [3.05, 3.63) is 0 Å². The second kappa shape index (κ2) is 5.75. The van der Waals surface area contributed by atoms with Crippen molar-refractivity contribution in [2.75, 3.05) is 0 Å². The number of carbonyl (C=O) groups excluding carboxylic acids is 1. The largest absolute Gasteiger partial charge is 0.481 e. The lowest BCUT2D eigenvalue weighted by atomic mass is 9.94. The maximum absolute atomic E-state index is 11.2. The highest BCUT2D eigenvalue weighted by Crippen LogP contribution is 2.13. The molecule has 0 aliphatic carbocycles. The number of carboxylic acids is 1. The third-order valence-electron chi connectivity index (χ3n) is 2.00. The fourth-order valence-corrected chi connectivity index (χ4v) is 1.18. The van der Waals surface area contributed by atoms with Crippen molar-refractivity contribution >= 4 is 11.8 Å². The smallest absolute Gasteiger partial charge is 0.303 e. The van der Waals surface area contributed by atoms with Gasteiger partial charge < -0.3 is 5.11 Å². The number of hydrogen-bond donors (Lipinski definition) is 1. The van der Waals surface area contributed by atoms with Gasteiger partial charge in [-0.1, -0.05) is 13.8 Å². The van der Waals surface area contributed by atoms with Crippen molar-refractivity contribution in [2.24, 2.45) is 5.92 Å². The van der Waals surface area contributed by atoms with E-state index >= 15 is 0 Å². The van der Waals surface area contributed by atoms with E-state index in [1.54, 1.807) is 0 Å². The fraction of sp³-hybridized carbons (Fsp3) is 0.778. The van der Waals surface area contributed by atoms with Gasteiger partial charge in [-0.25, -0.2) is 0 Å². The molecule has 0 rings (SSSR count). The predicted molar refractivity (Wildman–Crippen MR) is 45.9 cm³/mol. The van der Waals surface area contributed by atoms with Crippen LogP contribution >= 0.6 is 0 Å². The predicted octanol–water partition coefficient (Wildman–Crippen LogP) is 1.86. The Hall–Kier alpha value is -0.860. The minimum Gasteiger partial charge on any atom is -0.481 e. The summed E-state index contributed by atoms with van der Waals surface area (Å²) < 4.78 is 0.